The number of rotatable bonds is 6. The summed E-state index contributed by atoms with van der Waals surface area (Å²) in [6.45, 7) is 2.99. The molecule has 0 spiro atoms. The van der Waals surface area contributed by atoms with Crippen molar-refractivity contribution in [3.8, 4) is 0 Å². The van der Waals surface area contributed by atoms with Crippen LogP contribution < -0.4 is 16.4 Å². The molecule has 8 nitrogen and oxygen atoms in total. The van der Waals surface area contributed by atoms with E-state index in [2.05, 4.69) is 32.6 Å². The molecule has 0 bridgehead atoms. The molecule has 4 N–H and O–H groups in total. The standard InChI is InChI=1S/C19H23N7O/c1-3-4-5-8-26-10-13-16(23-19(21-2)24-17(13)25-26)15-12-9-11(20)6-7-14(12)22-18(15)27/h6-7,9-10,15H,3-5,8,20H2,1-2H3,(H,22,27)(H,21,24,25). The van der Waals surface area contributed by atoms with Crippen molar-refractivity contribution in [3.05, 3.63) is 35.7 Å². The van der Waals surface area contributed by atoms with Gasteiger partial charge in [0, 0.05) is 31.2 Å². The van der Waals surface area contributed by atoms with Crippen LogP contribution in [0.25, 0.3) is 11.0 Å². The van der Waals surface area contributed by atoms with Crippen molar-refractivity contribution in [1.82, 2.24) is 19.7 Å². The SMILES string of the molecule is CCCCCn1cc2c(C3C(=O)Nc4ccc(N)cc43)nc(NC)nc2n1. The minimum atomic E-state index is -0.533. The van der Waals surface area contributed by atoms with Crippen molar-refractivity contribution in [3.63, 3.8) is 0 Å². The van der Waals surface area contributed by atoms with Gasteiger partial charge in [-0.05, 0) is 30.2 Å². The zero-order chi connectivity index (χ0) is 19.0. The molecule has 0 fully saturated rings. The van der Waals surface area contributed by atoms with Gasteiger partial charge < -0.3 is 16.4 Å². The number of carbonyl (C=O) groups excluding carboxylic acids is 1. The summed E-state index contributed by atoms with van der Waals surface area (Å²) < 4.78 is 1.89. The maximum Gasteiger partial charge on any atom is 0.238 e. The monoisotopic (exact) mass is 365 g/mol. The zero-order valence-electron chi connectivity index (χ0n) is 15.5. The van der Waals surface area contributed by atoms with Gasteiger partial charge in [0.15, 0.2) is 5.65 Å². The summed E-state index contributed by atoms with van der Waals surface area (Å²) in [5, 5.41) is 11.3. The first kappa shape index (κ1) is 17.3. The number of hydrogen-bond donors (Lipinski definition) is 3. The number of amides is 1. The smallest absolute Gasteiger partial charge is 0.238 e. The fourth-order valence-corrected chi connectivity index (χ4v) is 3.50. The van der Waals surface area contributed by atoms with E-state index in [1.165, 1.54) is 0 Å². The summed E-state index contributed by atoms with van der Waals surface area (Å²) >= 11 is 0. The minimum Gasteiger partial charge on any atom is -0.399 e. The molecule has 2 aromatic heterocycles. The van der Waals surface area contributed by atoms with E-state index >= 15 is 0 Å². The third kappa shape index (κ3) is 3.07. The molecule has 27 heavy (non-hydrogen) atoms. The van der Waals surface area contributed by atoms with Crippen LogP contribution in [-0.2, 0) is 11.3 Å². The summed E-state index contributed by atoms with van der Waals surface area (Å²) in [4.78, 5) is 21.8. The molecule has 0 aliphatic carbocycles. The van der Waals surface area contributed by atoms with E-state index in [-0.39, 0.29) is 5.91 Å². The lowest BCUT2D eigenvalue weighted by Gasteiger charge is -2.11. The number of anilines is 3. The largest absolute Gasteiger partial charge is 0.399 e. The molecule has 3 heterocycles. The average Bonchev–Trinajstić information content (AvgIpc) is 3.20. The number of nitrogens with two attached hydrogens (primary N) is 1. The Morgan fingerprint density at radius 2 is 2.15 bits per heavy atom. The second-order valence-corrected chi connectivity index (χ2v) is 6.79. The zero-order valence-corrected chi connectivity index (χ0v) is 15.5. The number of fused-ring (bicyclic) bond motifs is 2. The molecule has 0 radical (unpaired) electrons. The molecular formula is C19H23N7O. The molecule has 1 aromatic carbocycles. The quantitative estimate of drug-likeness (QED) is 0.457. The van der Waals surface area contributed by atoms with Crippen LogP contribution in [0.15, 0.2) is 24.4 Å². The summed E-state index contributed by atoms with van der Waals surface area (Å²) in [6.07, 6.45) is 5.29. The number of aromatic nitrogens is 4. The van der Waals surface area contributed by atoms with Gasteiger partial charge in [-0.3, -0.25) is 9.48 Å². The van der Waals surface area contributed by atoms with E-state index < -0.39 is 5.92 Å². The lowest BCUT2D eigenvalue weighted by molar-refractivity contribution is -0.116. The number of hydrogen-bond acceptors (Lipinski definition) is 6. The van der Waals surface area contributed by atoms with Crippen molar-refractivity contribution < 1.29 is 4.79 Å². The molecule has 1 unspecified atom stereocenters. The molecule has 8 heteroatoms. The first-order valence-electron chi connectivity index (χ1n) is 9.24. The van der Waals surface area contributed by atoms with Crippen molar-refractivity contribution in [1.29, 1.82) is 0 Å². The van der Waals surface area contributed by atoms with Crippen LogP contribution in [0.5, 0.6) is 0 Å². The topological polar surface area (TPSA) is 111 Å². The second-order valence-electron chi connectivity index (χ2n) is 6.79. The Morgan fingerprint density at radius 3 is 2.93 bits per heavy atom. The Balaban J connectivity index is 1.83. The van der Waals surface area contributed by atoms with Gasteiger partial charge in [-0.25, -0.2) is 4.98 Å². The third-order valence-electron chi connectivity index (χ3n) is 4.85. The van der Waals surface area contributed by atoms with Crippen LogP contribution in [-0.4, -0.2) is 32.7 Å². The molecule has 1 amide bonds. The Bertz CT molecular complexity index is 1010. The summed E-state index contributed by atoms with van der Waals surface area (Å²) in [7, 11) is 1.75. The Labute approximate surface area is 157 Å². The van der Waals surface area contributed by atoms with Gasteiger partial charge in [0.05, 0.1) is 11.1 Å². The highest BCUT2D eigenvalue weighted by atomic mass is 16.2. The summed E-state index contributed by atoms with van der Waals surface area (Å²) in [5.74, 6) is -0.202. The van der Waals surface area contributed by atoms with Crippen molar-refractivity contribution in [2.24, 2.45) is 0 Å². The van der Waals surface area contributed by atoms with Gasteiger partial charge in [-0.2, -0.15) is 10.1 Å². The lowest BCUT2D eigenvalue weighted by atomic mass is 9.95. The molecule has 3 aromatic rings. The van der Waals surface area contributed by atoms with Crippen molar-refractivity contribution >= 4 is 34.3 Å². The van der Waals surface area contributed by atoms with Crippen LogP contribution in [0.1, 0.15) is 43.4 Å². The Morgan fingerprint density at radius 1 is 1.30 bits per heavy atom. The van der Waals surface area contributed by atoms with Gasteiger partial charge in [0.2, 0.25) is 11.9 Å². The molecule has 0 saturated heterocycles. The molecule has 140 valence electrons. The number of nitrogen functional groups attached to an aromatic ring is 1. The van der Waals surface area contributed by atoms with Crippen LogP contribution in [0, 0.1) is 0 Å². The first-order valence-corrected chi connectivity index (χ1v) is 9.24. The Hall–Kier alpha value is -3.16. The van der Waals surface area contributed by atoms with Gasteiger partial charge in [0.25, 0.3) is 0 Å². The molecule has 1 atom stereocenters. The van der Waals surface area contributed by atoms with Crippen LogP contribution in [0.2, 0.25) is 0 Å². The summed E-state index contributed by atoms with van der Waals surface area (Å²) in [6, 6.07) is 5.44. The van der Waals surface area contributed by atoms with Crippen LogP contribution in [0.4, 0.5) is 17.3 Å². The number of aryl methyl sites for hydroxylation is 1. The van der Waals surface area contributed by atoms with Crippen molar-refractivity contribution in [2.45, 2.75) is 38.6 Å². The van der Waals surface area contributed by atoms with E-state index in [9.17, 15) is 4.79 Å². The molecular weight excluding hydrogens is 342 g/mol. The molecule has 4 rings (SSSR count). The fourth-order valence-electron chi connectivity index (χ4n) is 3.50. The maximum atomic E-state index is 12.7. The van der Waals surface area contributed by atoms with E-state index in [1.54, 1.807) is 13.1 Å². The Kier molecular flexibility index (Phi) is 4.39. The van der Waals surface area contributed by atoms with Gasteiger partial charge in [-0.15, -0.1) is 0 Å². The molecule has 0 saturated carbocycles. The van der Waals surface area contributed by atoms with E-state index in [0.717, 1.165) is 42.4 Å². The summed E-state index contributed by atoms with van der Waals surface area (Å²) in [5.41, 5.74) is 9.41. The predicted octanol–water partition coefficient (Wildman–Crippen LogP) is 2.72. The van der Waals surface area contributed by atoms with Crippen LogP contribution >= 0.6 is 0 Å². The van der Waals surface area contributed by atoms with Crippen molar-refractivity contribution in [2.75, 3.05) is 23.4 Å². The van der Waals surface area contributed by atoms with Gasteiger partial charge in [-0.1, -0.05) is 19.8 Å². The number of nitrogens with zero attached hydrogens (tertiary/aromatic N) is 4. The first-order chi connectivity index (χ1) is 13.1. The molecule has 1 aliphatic heterocycles. The predicted molar refractivity (Wildman–Crippen MR) is 106 cm³/mol. The number of benzene rings is 1. The van der Waals surface area contributed by atoms with E-state index in [4.69, 9.17) is 5.73 Å². The normalized spacial score (nSPS) is 15.8. The fraction of sp³-hybridized carbons (Fsp3) is 0.368. The second kappa shape index (κ2) is 6.86. The highest BCUT2D eigenvalue weighted by Gasteiger charge is 2.35. The number of carbonyl (C=O) groups is 1. The average molecular weight is 365 g/mol. The highest BCUT2D eigenvalue weighted by molar-refractivity contribution is 6.06. The van der Waals surface area contributed by atoms with Gasteiger partial charge in [0.1, 0.15) is 5.92 Å². The number of nitrogens with one attached hydrogen (secondary N) is 2. The number of unbranched alkanes of at least 4 members (excludes halogenated alkanes) is 2. The lowest BCUT2D eigenvalue weighted by Crippen LogP contribution is -2.16. The minimum absolute atomic E-state index is 0.114. The highest BCUT2D eigenvalue weighted by Crippen LogP contribution is 2.39. The van der Waals surface area contributed by atoms with E-state index in [1.807, 2.05) is 23.0 Å². The van der Waals surface area contributed by atoms with Gasteiger partial charge >= 0.3 is 0 Å². The molecule has 1 aliphatic rings. The van der Waals surface area contributed by atoms with E-state index in [0.29, 0.717) is 23.0 Å². The van der Waals surface area contributed by atoms with Crippen LogP contribution in [0.3, 0.4) is 0 Å². The maximum absolute atomic E-state index is 12.7. The third-order valence-corrected chi connectivity index (χ3v) is 4.85.